The number of anilines is 1. The molecule has 0 spiro atoms. The molecule has 3 amide bonds. The lowest BCUT2D eigenvalue weighted by molar-refractivity contribution is -0.150. The van der Waals surface area contributed by atoms with E-state index < -0.39 is 29.2 Å². The molecule has 178 valence electrons. The van der Waals surface area contributed by atoms with Crippen LogP contribution in [0.2, 0.25) is 0 Å². The maximum atomic E-state index is 13.0. The van der Waals surface area contributed by atoms with E-state index in [0.29, 0.717) is 24.3 Å². The number of thiazole rings is 1. The summed E-state index contributed by atoms with van der Waals surface area (Å²) in [5.74, 6) is -1.91. The van der Waals surface area contributed by atoms with Crippen molar-refractivity contribution in [1.82, 2.24) is 15.2 Å². The third-order valence-electron chi connectivity index (χ3n) is 5.04. The van der Waals surface area contributed by atoms with E-state index in [1.165, 1.54) is 16.7 Å². The fraction of sp³-hybridized carbons (Fsp3) is 0.500. The summed E-state index contributed by atoms with van der Waals surface area (Å²) < 4.78 is 0. The number of thioether (sulfide) groups is 1. The maximum Gasteiger partial charge on any atom is 0.352 e. The summed E-state index contributed by atoms with van der Waals surface area (Å²) in [6.07, 6.45) is 4.37. The number of nitrogens with zero attached hydrogens (tertiary/aromatic N) is 3. The fourth-order valence-electron chi connectivity index (χ4n) is 3.39. The molecule has 2 atom stereocenters. The van der Waals surface area contributed by atoms with Crippen LogP contribution in [0.25, 0.3) is 0 Å². The molecule has 33 heavy (non-hydrogen) atoms. The molecule has 1 aromatic rings. The summed E-state index contributed by atoms with van der Waals surface area (Å²) in [4.78, 5) is 58.6. The predicted molar refractivity (Wildman–Crippen MR) is 124 cm³/mol. The molecule has 1 unspecified atom stereocenters. The Bertz CT molecular complexity index is 991. The highest BCUT2D eigenvalue weighted by Gasteiger charge is 2.54. The topological polar surface area (TPSA) is 150 Å². The van der Waals surface area contributed by atoms with Crippen molar-refractivity contribution in [2.75, 3.05) is 17.7 Å². The number of amides is 3. The number of nitrogens with one attached hydrogen (secondary N) is 2. The summed E-state index contributed by atoms with van der Waals surface area (Å²) in [5, 5.41) is 19.8. The number of oxime groups is 1. The Balaban J connectivity index is 1.73. The molecule has 0 bridgehead atoms. The van der Waals surface area contributed by atoms with Gasteiger partial charge in [0.15, 0.2) is 10.8 Å². The van der Waals surface area contributed by atoms with Gasteiger partial charge in [0, 0.05) is 11.1 Å². The number of carbonyl (C=O) groups excluding carboxylic acids is 3. The Morgan fingerprint density at radius 1 is 1.39 bits per heavy atom. The van der Waals surface area contributed by atoms with E-state index in [4.69, 9.17) is 4.84 Å². The van der Waals surface area contributed by atoms with Gasteiger partial charge in [-0.25, -0.2) is 9.78 Å². The molecular formula is C20H25N5O6S2. The Hall–Kier alpha value is -2.93. The van der Waals surface area contributed by atoms with E-state index in [1.54, 1.807) is 12.3 Å². The molecule has 0 aliphatic carbocycles. The number of hydrogen-bond acceptors (Lipinski definition) is 9. The molecular weight excluding hydrogens is 470 g/mol. The molecule has 0 radical (unpaired) electrons. The van der Waals surface area contributed by atoms with Crippen molar-refractivity contribution in [3.8, 4) is 0 Å². The van der Waals surface area contributed by atoms with Crippen molar-refractivity contribution in [3.63, 3.8) is 0 Å². The number of fused-ring (bicyclic) bond motifs is 1. The highest BCUT2D eigenvalue weighted by molar-refractivity contribution is 8.00. The Morgan fingerprint density at radius 3 is 2.88 bits per heavy atom. The molecule has 1 aromatic heterocycles. The molecule has 0 aromatic carbocycles. The van der Waals surface area contributed by atoms with Crippen LogP contribution in [0, 0.1) is 0 Å². The zero-order valence-corrected chi connectivity index (χ0v) is 19.8. The smallest absolute Gasteiger partial charge is 0.352 e. The van der Waals surface area contributed by atoms with Crippen LogP contribution in [0.15, 0.2) is 21.8 Å². The average Bonchev–Trinajstić information content (AvgIpc) is 3.24. The van der Waals surface area contributed by atoms with E-state index in [1.807, 2.05) is 0 Å². The lowest BCUT2D eigenvalue weighted by Crippen LogP contribution is -2.71. The molecule has 2 aliphatic heterocycles. The van der Waals surface area contributed by atoms with Crippen molar-refractivity contribution in [3.05, 3.63) is 22.3 Å². The summed E-state index contributed by atoms with van der Waals surface area (Å²) in [6, 6.07) is -0.897. The number of β-lactam (4-membered cyclic amide) rings is 1. The van der Waals surface area contributed by atoms with Crippen LogP contribution >= 0.6 is 23.1 Å². The van der Waals surface area contributed by atoms with Crippen LogP contribution in [-0.4, -0.2) is 68.7 Å². The van der Waals surface area contributed by atoms with Gasteiger partial charge in [-0.2, -0.15) is 0 Å². The highest BCUT2D eigenvalue weighted by atomic mass is 32.2. The maximum absolute atomic E-state index is 13.0. The number of aliphatic carboxylic acids is 1. The van der Waals surface area contributed by atoms with Crippen LogP contribution < -0.4 is 10.6 Å². The first-order valence-corrected chi connectivity index (χ1v) is 12.4. The first kappa shape index (κ1) is 24.7. The van der Waals surface area contributed by atoms with Crippen LogP contribution in [0.3, 0.4) is 0 Å². The largest absolute Gasteiger partial charge is 0.477 e. The first-order valence-electron chi connectivity index (χ1n) is 10.4. The quantitative estimate of drug-likeness (QED) is 0.131. The predicted octanol–water partition coefficient (Wildman–Crippen LogP) is 1.77. The van der Waals surface area contributed by atoms with Gasteiger partial charge in [-0.05, 0) is 25.3 Å². The minimum Gasteiger partial charge on any atom is -0.477 e. The van der Waals surface area contributed by atoms with Gasteiger partial charge in [0.1, 0.15) is 29.4 Å². The van der Waals surface area contributed by atoms with Crippen LogP contribution in [0.4, 0.5) is 5.13 Å². The number of carboxylic acid groups (broad SMARTS) is 1. The van der Waals surface area contributed by atoms with E-state index >= 15 is 0 Å². The van der Waals surface area contributed by atoms with Crippen molar-refractivity contribution in [2.45, 2.75) is 50.9 Å². The van der Waals surface area contributed by atoms with Crippen molar-refractivity contribution in [2.24, 2.45) is 5.16 Å². The Morgan fingerprint density at radius 2 is 2.18 bits per heavy atom. The summed E-state index contributed by atoms with van der Waals surface area (Å²) in [5.41, 5.74) is 0.621. The van der Waals surface area contributed by atoms with Crippen LogP contribution in [-0.2, 0) is 24.0 Å². The van der Waals surface area contributed by atoms with E-state index in [2.05, 4.69) is 27.7 Å². The number of rotatable bonds is 12. The van der Waals surface area contributed by atoms with E-state index in [-0.39, 0.29) is 22.2 Å². The lowest BCUT2D eigenvalue weighted by Gasteiger charge is -2.49. The minimum atomic E-state index is -1.17. The number of unbranched alkanes of at least 4 members (excludes halogenated alkanes) is 3. The fourth-order valence-corrected chi connectivity index (χ4v) is 5.34. The second kappa shape index (κ2) is 11.3. The highest BCUT2D eigenvalue weighted by Crippen LogP contribution is 2.40. The van der Waals surface area contributed by atoms with E-state index in [0.717, 1.165) is 37.0 Å². The normalized spacial score (nSPS) is 20.1. The standard InChI is InChI=1S/C20H25N5O6S2/c1-3-4-5-6-7-31-24-13(12-9-33-20(22-12)21-10-26)16(27)23-14-17(28)25-15(19(29)30)11(2)8-32-18(14)25/h9-10,14,18H,3-8H2,1-2H3,(H,23,27)(H,29,30)(H,21,22,26)/t14?,18-/m1/s1. The molecule has 3 N–H and O–H groups in total. The van der Waals surface area contributed by atoms with Crippen molar-refractivity contribution in [1.29, 1.82) is 0 Å². The second-order valence-corrected chi connectivity index (χ2v) is 9.39. The second-order valence-electron chi connectivity index (χ2n) is 7.43. The number of carboxylic acids is 1. The third-order valence-corrected chi connectivity index (χ3v) is 7.24. The van der Waals surface area contributed by atoms with Gasteiger partial charge in [0.05, 0.1) is 0 Å². The Kier molecular flexibility index (Phi) is 8.44. The van der Waals surface area contributed by atoms with Gasteiger partial charge in [-0.1, -0.05) is 24.9 Å². The minimum absolute atomic E-state index is 0.0392. The van der Waals surface area contributed by atoms with Gasteiger partial charge < -0.3 is 20.6 Å². The lowest BCUT2D eigenvalue weighted by atomic mass is 10.0. The van der Waals surface area contributed by atoms with Gasteiger partial charge in [0.2, 0.25) is 6.41 Å². The molecule has 1 fully saturated rings. The van der Waals surface area contributed by atoms with E-state index in [9.17, 15) is 24.3 Å². The van der Waals surface area contributed by atoms with Crippen molar-refractivity contribution >= 4 is 58.1 Å². The van der Waals surface area contributed by atoms with Gasteiger partial charge >= 0.3 is 5.97 Å². The number of carbonyl (C=O) groups is 4. The Labute approximate surface area is 198 Å². The average molecular weight is 496 g/mol. The molecule has 11 nitrogen and oxygen atoms in total. The molecule has 13 heteroatoms. The monoisotopic (exact) mass is 495 g/mol. The van der Waals surface area contributed by atoms with Gasteiger partial charge in [0.25, 0.3) is 11.8 Å². The summed E-state index contributed by atoms with van der Waals surface area (Å²) in [6.45, 7) is 4.08. The summed E-state index contributed by atoms with van der Waals surface area (Å²) >= 11 is 2.49. The van der Waals surface area contributed by atoms with Crippen molar-refractivity contribution < 1.29 is 29.1 Å². The van der Waals surface area contributed by atoms with Gasteiger partial charge in [-0.15, -0.1) is 23.1 Å². The molecule has 3 heterocycles. The molecule has 3 rings (SSSR count). The first-order chi connectivity index (χ1) is 15.9. The molecule has 1 saturated heterocycles. The SMILES string of the molecule is CCCCCCON=C(C(=O)NC1C(=O)N2C(C(=O)O)=C(C)CS[C@H]12)c1csc(NC=O)n1. The molecule has 2 aliphatic rings. The van der Waals surface area contributed by atoms with Crippen LogP contribution in [0.5, 0.6) is 0 Å². The number of hydrogen-bond donors (Lipinski definition) is 3. The third kappa shape index (κ3) is 5.53. The zero-order valence-electron chi connectivity index (χ0n) is 18.2. The summed E-state index contributed by atoms with van der Waals surface area (Å²) in [7, 11) is 0. The molecule has 0 saturated carbocycles. The van der Waals surface area contributed by atoms with Crippen LogP contribution in [0.1, 0.15) is 45.2 Å². The van der Waals surface area contributed by atoms with Gasteiger partial charge in [-0.3, -0.25) is 19.3 Å². The number of aromatic nitrogens is 1. The zero-order chi connectivity index (χ0) is 24.0.